The molecule has 156 valence electrons. The molecule has 0 N–H and O–H groups in total. The summed E-state index contributed by atoms with van der Waals surface area (Å²) in [6.07, 6.45) is 6.02. The number of rotatable bonds is 5. The molecule has 3 heterocycles. The largest absolute Gasteiger partial charge is 0.497 e. The van der Waals surface area contributed by atoms with Crippen LogP contribution in [0.2, 0.25) is 0 Å². The third kappa shape index (κ3) is 3.90. The summed E-state index contributed by atoms with van der Waals surface area (Å²) in [5.41, 5.74) is 3.61. The van der Waals surface area contributed by atoms with Gasteiger partial charge in [0.25, 0.3) is 0 Å². The van der Waals surface area contributed by atoms with E-state index in [0.717, 1.165) is 35.6 Å². The van der Waals surface area contributed by atoms with Gasteiger partial charge < -0.3 is 14.2 Å². The Morgan fingerprint density at radius 3 is 2.68 bits per heavy atom. The van der Waals surface area contributed by atoms with Crippen molar-refractivity contribution in [3.63, 3.8) is 0 Å². The highest BCUT2D eigenvalue weighted by molar-refractivity contribution is 6.15. The fourth-order valence-electron chi connectivity index (χ4n) is 3.84. The first kappa shape index (κ1) is 19.3. The van der Waals surface area contributed by atoms with Crippen molar-refractivity contribution in [2.45, 2.75) is 13.0 Å². The molecule has 0 radical (unpaired) electrons. The van der Waals surface area contributed by atoms with Gasteiger partial charge in [0.1, 0.15) is 24.0 Å². The lowest BCUT2D eigenvalue weighted by Gasteiger charge is -2.29. The van der Waals surface area contributed by atoms with E-state index in [-0.39, 0.29) is 5.78 Å². The third-order valence-electron chi connectivity index (χ3n) is 5.56. The summed E-state index contributed by atoms with van der Waals surface area (Å²) in [6, 6.07) is 15.4. The Bertz CT molecular complexity index is 1140. The van der Waals surface area contributed by atoms with Crippen molar-refractivity contribution in [1.82, 2.24) is 9.88 Å². The van der Waals surface area contributed by atoms with Crippen LogP contribution in [0.5, 0.6) is 17.2 Å². The summed E-state index contributed by atoms with van der Waals surface area (Å²) >= 11 is 0. The Balaban J connectivity index is 1.33. The van der Waals surface area contributed by atoms with Crippen LogP contribution < -0.4 is 14.2 Å². The van der Waals surface area contributed by atoms with Gasteiger partial charge in [0.2, 0.25) is 5.78 Å². The molecule has 31 heavy (non-hydrogen) atoms. The van der Waals surface area contributed by atoms with Gasteiger partial charge in [-0.2, -0.15) is 0 Å². The zero-order valence-electron chi connectivity index (χ0n) is 17.2. The number of carbonyl (C=O) groups excluding carboxylic acids is 1. The Morgan fingerprint density at radius 2 is 1.90 bits per heavy atom. The standard InChI is InChI=1S/C25H22N2O4/c1-29-19-4-2-17(3-5-19)10-13-27-15-21-22(30-16-27)7-6-20-24(28)23(31-25(20)21)14-18-8-11-26-12-9-18/h2-9,11-12,14H,10,13,15-16H2,1H3. The Morgan fingerprint density at radius 1 is 1.10 bits per heavy atom. The molecule has 0 fully saturated rings. The van der Waals surface area contributed by atoms with Crippen LogP contribution in [0.4, 0.5) is 0 Å². The molecule has 6 heteroatoms. The van der Waals surface area contributed by atoms with Crippen molar-refractivity contribution in [3.05, 3.63) is 88.9 Å². The molecule has 0 unspecified atom stereocenters. The Labute approximate surface area is 180 Å². The van der Waals surface area contributed by atoms with Crippen molar-refractivity contribution < 1.29 is 19.0 Å². The van der Waals surface area contributed by atoms with Gasteiger partial charge in [-0.05, 0) is 60.0 Å². The van der Waals surface area contributed by atoms with Gasteiger partial charge in [-0.3, -0.25) is 14.7 Å². The second kappa shape index (κ2) is 8.24. The molecular weight excluding hydrogens is 392 g/mol. The highest BCUT2D eigenvalue weighted by Gasteiger charge is 2.33. The second-order valence-electron chi connectivity index (χ2n) is 7.56. The quantitative estimate of drug-likeness (QED) is 0.586. The lowest BCUT2D eigenvalue weighted by atomic mass is 10.0. The monoisotopic (exact) mass is 414 g/mol. The van der Waals surface area contributed by atoms with Gasteiger partial charge in [-0.1, -0.05) is 12.1 Å². The van der Waals surface area contributed by atoms with E-state index in [1.54, 1.807) is 31.6 Å². The van der Waals surface area contributed by atoms with Crippen LogP contribution in [-0.4, -0.2) is 36.1 Å². The molecule has 3 aromatic rings. The van der Waals surface area contributed by atoms with E-state index in [1.165, 1.54) is 5.56 Å². The number of allylic oxidation sites excluding steroid dienone is 1. The molecule has 0 amide bonds. The topological polar surface area (TPSA) is 60.9 Å². The first-order chi connectivity index (χ1) is 15.2. The molecule has 2 aliphatic heterocycles. The number of pyridine rings is 1. The average molecular weight is 414 g/mol. The number of Topliss-reactive ketones (excluding diaryl/α,β-unsaturated/α-hetero) is 1. The first-order valence-electron chi connectivity index (χ1n) is 10.2. The summed E-state index contributed by atoms with van der Waals surface area (Å²) in [7, 11) is 1.67. The highest BCUT2D eigenvalue weighted by Crippen LogP contribution is 2.42. The summed E-state index contributed by atoms with van der Waals surface area (Å²) < 4.78 is 17.2. The van der Waals surface area contributed by atoms with Crippen LogP contribution >= 0.6 is 0 Å². The fraction of sp³-hybridized carbons (Fsp3) is 0.200. The van der Waals surface area contributed by atoms with Gasteiger partial charge in [0.15, 0.2) is 5.76 Å². The number of nitrogens with zero attached hydrogens (tertiary/aromatic N) is 2. The van der Waals surface area contributed by atoms with Crippen LogP contribution in [0.15, 0.2) is 66.7 Å². The second-order valence-corrected chi connectivity index (χ2v) is 7.56. The van der Waals surface area contributed by atoms with Crippen LogP contribution in [0.25, 0.3) is 6.08 Å². The van der Waals surface area contributed by atoms with Crippen LogP contribution in [0.3, 0.4) is 0 Å². The van der Waals surface area contributed by atoms with Gasteiger partial charge in [0, 0.05) is 25.5 Å². The van der Waals surface area contributed by atoms with E-state index < -0.39 is 0 Å². The summed E-state index contributed by atoms with van der Waals surface area (Å²) in [6.45, 7) is 2.02. The van der Waals surface area contributed by atoms with E-state index in [0.29, 0.717) is 30.3 Å². The van der Waals surface area contributed by atoms with Gasteiger partial charge in [-0.15, -0.1) is 0 Å². The van der Waals surface area contributed by atoms with E-state index in [1.807, 2.05) is 30.3 Å². The Hall–Kier alpha value is -3.64. The number of hydrogen-bond donors (Lipinski definition) is 0. The average Bonchev–Trinajstić information content (AvgIpc) is 3.14. The summed E-state index contributed by atoms with van der Waals surface area (Å²) in [5, 5.41) is 0. The number of aromatic nitrogens is 1. The van der Waals surface area contributed by atoms with E-state index >= 15 is 0 Å². The van der Waals surface area contributed by atoms with Crippen molar-refractivity contribution in [1.29, 1.82) is 0 Å². The maximum Gasteiger partial charge on any atom is 0.231 e. The van der Waals surface area contributed by atoms with Crippen LogP contribution in [0, 0.1) is 0 Å². The van der Waals surface area contributed by atoms with Gasteiger partial charge >= 0.3 is 0 Å². The van der Waals surface area contributed by atoms with Crippen molar-refractivity contribution in [2.24, 2.45) is 0 Å². The maximum atomic E-state index is 12.9. The third-order valence-corrected chi connectivity index (χ3v) is 5.56. The number of fused-ring (bicyclic) bond motifs is 3. The number of ketones is 1. The summed E-state index contributed by atoms with van der Waals surface area (Å²) in [4.78, 5) is 19.1. The van der Waals surface area contributed by atoms with E-state index in [2.05, 4.69) is 22.0 Å². The number of ether oxygens (including phenoxy) is 3. The molecule has 0 aliphatic carbocycles. The number of hydrogen-bond acceptors (Lipinski definition) is 6. The zero-order chi connectivity index (χ0) is 21.2. The molecule has 0 saturated carbocycles. The van der Waals surface area contributed by atoms with Gasteiger partial charge in [-0.25, -0.2) is 0 Å². The van der Waals surface area contributed by atoms with Crippen LogP contribution in [-0.2, 0) is 13.0 Å². The molecule has 1 aromatic heterocycles. The maximum absolute atomic E-state index is 12.9. The molecule has 0 bridgehead atoms. The molecule has 5 rings (SSSR count). The Kier molecular flexibility index (Phi) is 5.14. The number of carbonyl (C=O) groups is 1. The minimum Gasteiger partial charge on any atom is -0.497 e. The predicted molar refractivity (Wildman–Crippen MR) is 116 cm³/mol. The van der Waals surface area contributed by atoms with E-state index in [9.17, 15) is 4.79 Å². The molecule has 0 saturated heterocycles. The molecule has 0 atom stereocenters. The van der Waals surface area contributed by atoms with Crippen LogP contribution in [0.1, 0.15) is 27.0 Å². The van der Waals surface area contributed by atoms with E-state index in [4.69, 9.17) is 14.2 Å². The zero-order valence-corrected chi connectivity index (χ0v) is 17.2. The molecule has 6 nitrogen and oxygen atoms in total. The molecule has 0 spiro atoms. The highest BCUT2D eigenvalue weighted by atomic mass is 16.5. The number of benzene rings is 2. The SMILES string of the molecule is COc1ccc(CCN2COc3ccc4c(c3C2)OC(=Cc2ccncc2)C4=O)cc1. The van der Waals surface area contributed by atoms with Crippen molar-refractivity contribution in [3.8, 4) is 17.2 Å². The smallest absolute Gasteiger partial charge is 0.231 e. The normalized spacial score (nSPS) is 16.4. The minimum atomic E-state index is -0.107. The molecule has 2 aliphatic rings. The fourth-order valence-corrected chi connectivity index (χ4v) is 3.84. The lowest BCUT2D eigenvalue weighted by molar-refractivity contribution is 0.0949. The van der Waals surface area contributed by atoms with Crippen molar-refractivity contribution in [2.75, 3.05) is 20.4 Å². The summed E-state index contributed by atoms with van der Waals surface area (Å²) in [5.74, 6) is 2.45. The molecular formula is C25H22N2O4. The minimum absolute atomic E-state index is 0.107. The lowest BCUT2D eigenvalue weighted by Crippen LogP contribution is -2.33. The molecule has 2 aromatic carbocycles. The number of methoxy groups -OCH3 is 1. The predicted octanol–water partition coefficient (Wildman–Crippen LogP) is 4.10. The first-order valence-corrected chi connectivity index (χ1v) is 10.2. The van der Waals surface area contributed by atoms with Gasteiger partial charge in [0.05, 0.1) is 18.2 Å². The van der Waals surface area contributed by atoms with Crippen molar-refractivity contribution >= 4 is 11.9 Å².